The number of aliphatic hydroxyl groups is 7. The zero-order valence-corrected chi connectivity index (χ0v) is 38.4. The van der Waals surface area contributed by atoms with Gasteiger partial charge in [0.1, 0.15) is 113 Å². The lowest BCUT2D eigenvalue weighted by Crippen LogP contribution is -2.62. The fourth-order valence-corrected chi connectivity index (χ4v) is 10.0. The van der Waals surface area contributed by atoms with Crippen molar-refractivity contribution in [3.63, 3.8) is 0 Å². The quantitative estimate of drug-likeness (QED) is 0.0779. The van der Waals surface area contributed by atoms with Crippen LogP contribution in [0.4, 0.5) is 0 Å². The smallest absolute Gasteiger partial charge is 0.229 e. The number of phenols is 6. The van der Waals surface area contributed by atoms with Crippen molar-refractivity contribution in [1.82, 2.24) is 0 Å². The van der Waals surface area contributed by atoms with Crippen LogP contribution in [0.5, 0.6) is 51.7 Å². The zero-order valence-electron chi connectivity index (χ0n) is 38.4. The highest BCUT2D eigenvalue weighted by Crippen LogP contribution is 2.60. The molecule has 6 aromatic rings. The topological polar surface area (TPSA) is 318 Å². The van der Waals surface area contributed by atoms with E-state index in [1.807, 2.05) is 0 Å². The van der Waals surface area contributed by atoms with Crippen molar-refractivity contribution >= 4 is 12.2 Å². The molecule has 19 nitrogen and oxygen atoms in total. The molecule has 0 amide bonds. The van der Waals surface area contributed by atoms with Gasteiger partial charge in [0.05, 0.1) is 25.0 Å². The summed E-state index contributed by atoms with van der Waals surface area (Å²) in [5.41, 5.74) is 4.47. The molecule has 0 spiro atoms. The monoisotopic (exact) mass is 1000 g/mol. The molecule has 0 radical (unpaired) electrons. The van der Waals surface area contributed by atoms with Crippen LogP contribution in [0.15, 0.2) is 115 Å². The van der Waals surface area contributed by atoms with Gasteiger partial charge in [0.25, 0.3) is 0 Å². The van der Waals surface area contributed by atoms with Gasteiger partial charge < -0.3 is 94.8 Å². The summed E-state index contributed by atoms with van der Waals surface area (Å²) in [6.07, 6.45) is -15.0. The predicted octanol–water partition coefficient (Wildman–Crippen LogP) is 3.62. The molecule has 4 aliphatic rings. The number of fused-ring (bicyclic) bond motifs is 2. The summed E-state index contributed by atoms with van der Waals surface area (Å²) in [4.78, 5) is 0. The molecule has 2 fully saturated rings. The normalized spacial score (nSPS) is 29.6. The Labute approximate surface area is 416 Å². The molecule has 73 heavy (non-hydrogen) atoms. The lowest BCUT2D eigenvalue weighted by molar-refractivity contribution is -0.323. The Balaban J connectivity index is 1.05. The maximum Gasteiger partial charge on any atom is 0.229 e. The van der Waals surface area contributed by atoms with Crippen LogP contribution in [-0.2, 0) is 14.2 Å². The van der Waals surface area contributed by atoms with Gasteiger partial charge in [-0.3, -0.25) is 0 Å². The maximum atomic E-state index is 11.6. The average Bonchev–Trinajstić information content (AvgIpc) is 3.95. The first-order valence-corrected chi connectivity index (χ1v) is 23.3. The van der Waals surface area contributed by atoms with E-state index >= 15 is 0 Å². The van der Waals surface area contributed by atoms with E-state index in [0.717, 1.165) is 5.56 Å². The standard InChI is InChI=1S/C54H52O19/c55-22-39-45(62)47(64)49(66)53(72-39)68-23-40-46(63)48(65)50(67)54(73-40)69-35-17-28(16-32(59)18-35)42-43-36(19-34(61)21-38(43)71-51(42)25-5-11-30(57)12-6-25)44-41-27(4-1-24-2-9-29(56)10-3-24)15-33(60)20-37(41)70-52(44)26-7-13-31(58)14-8-26/h1-21,39-40,42,44-67H,22-23H2/b4-1-/t39-,40-,42-,44+,45-,46-,47+,48+,49-,50-,51+,52-,53+,54+/m1/s1. The first kappa shape index (κ1) is 49.4. The van der Waals surface area contributed by atoms with Crippen LogP contribution in [0.1, 0.15) is 68.6 Å². The minimum Gasteiger partial charge on any atom is -0.508 e. The van der Waals surface area contributed by atoms with Crippen LogP contribution in [-0.4, -0.2) is 141 Å². The fraction of sp³-hybridized carbons (Fsp3) is 0.296. The minimum absolute atomic E-state index is 0.00473. The Hall–Kier alpha value is -7.14. The highest BCUT2D eigenvalue weighted by Gasteiger charge is 2.49. The van der Waals surface area contributed by atoms with Crippen LogP contribution >= 0.6 is 0 Å². The van der Waals surface area contributed by atoms with Crippen molar-refractivity contribution in [3.05, 3.63) is 160 Å². The van der Waals surface area contributed by atoms with Crippen molar-refractivity contribution in [3.8, 4) is 51.7 Å². The Kier molecular flexibility index (Phi) is 13.6. The number of aromatic hydroxyl groups is 6. The average molecular weight is 1000 g/mol. The third-order valence-electron chi connectivity index (χ3n) is 13.6. The van der Waals surface area contributed by atoms with Crippen molar-refractivity contribution in [2.45, 2.75) is 85.5 Å². The van der Waals surface area contributed by atoms with Crippen molar-refractivity contribution in [2.24, 2.45) is 0 Å². The first-order chi connectivity index (χ1) is 35.0. The molecule has 0 aliphatic carbocycles. The number of aliphatic hydroxyl groups excluding tert-OH is 7. The second-order valence-corrected chi connectivity index (χ2v) is 18.5. The van der Waals surface area contributed by atoms with Crippen molar-refractivity contribution in [2.75, 3.05) is 13.2 Å². The maximum absolute atomic E-state index is 11.6. The van der Waals surface area contributed by atoms with E-state index < -0.39 is 98.7 Å². The minimum atomic E-state index is -1.89. The molecule has 0 bridgehead atoms. The van der Waals surface area contributed by atoms with Crippen molar-refractivity contribution < 1.29 is 94.8 Å². The number of hydrogen-bond donors (Lipinski definition) is 13. The van der Waals surface area contributed by atoms with Gasteiger partial charge in [0.15, 0.2) is 6.29 Å². The third-order valence-corrected chi connectivity index (χ3v) is 13.6. The van der Waals surface area contributed by atoms with E-state index in [2.05, 4.69) is 0 Å². The Morgan fingerprint density at radius 1 is 0.452 bits per heavy atom. The summed E-state index contributed by atoms with van der Waals surface area (Å²) < 4.78 is 36.6. The van der Waals surface area contributed by atoms with Crippen LogP contribution in [0, 0.1) is 0 Å². The summed E-state index contributed by atoms with van der Waals surface area (Å²) in [7, 11) is 0. The summed E-state index contributed by atoms with van der Waals surface area (Å²) >= 11 is 0. The van der Waals surface area contributed by atoms with Crippen molar-refractivity contribution in [1.29, 1.82) is 0 Å². The summed E-state index contributed by atoms with van der Waals surface area (Å²) in [6, 6.07) is 29.5. The molecule has 4 heterocycles. The fourth-order valence-electron chi connectivity index (χ4n) is 10.0. The van der Waals surface area contributed by atoms with Gasteiger partial charge in [-0.05, 0) is 94.0 Å². The summed E-state index contributed by atoms with van der Waals surface area (Å²) in [6.45, 7) is -1.35. The van der Waals surface area contributed by atoms with Crippen LogP contribution in [0.2, 0.25) is 0 Å². The lowest BCUT2D eigenvalue weighted by atomic mass is 9.75. The second kappa shape index (κ2) is 20.0. The highest BCUT2D eigenvalue weighted by molar-refractivity contribution is 5.76. The van der Waals surface area contributed by atoms with E-state index in [4.69, 9.17) is 28.4 Å². The Morgan fingerprint density at radius 2 is 0.973 bits per heavy atom. The van der Waals surface area contributed by atoms with Gasteiger partial charge in [-0.15, -0.1) is 0 Å². The molecule has 0 aromatic heterocycles. The summed E-state index contributed by atoms with van der Waals surface area (Å²) in [5, 5.41) is 139. The number of hydrogen-bond acceptors (Lipinski definition) is 19. The van der Waals surface area contributed by atoms with E-state index in [9.17, 15) is 66.4 Å². The highest BCUT2D eigenvalue weighted by atomic mass is 16.7. The number of benzene rings is 6. The number of phenolic OH excluding ortho intramolecular Hbond substituents is 6. The third kappa shape index (κ3) is 9.66. The van der Waals surface area contributed by atoms with Gasteiger partial charge in [-0.1, -0.05) is 48.6 Å². The molecule has 0 saturated carbocycles. The lowest BCUT2D eigenvalue weighted by Gasteiger charge is -2.42. The molecule has 19 heteroatoms. The van der Waals surface area contributed by atoms with Gasteiger partial charge in [0, 0.05) is 29.3 Å². The van der Waals surface area contributed by atoms with Crippen LogP contribution in [0.3, 0.4) is 0 Å². The van der Waals surface area contributed by atoms with Gasteiger partial charge in [-0.25, -0.2) is 0 Å². The zero-order chi connectivity index (χ0) is 51.4. The SMILES string of the molecule is OC[C@H]1O[C@H](OC[C@H]2O[C@H](Oc3cc(O)cc([C@@H]4c5c(cc(O)cc5[C@H]5c6c(/C=C\c7ccc(O)cc7)cc(O)cc6O[C@@H]5c5ccc(O)cc5)O[C@H]4c4ccc(O)cc4)c3)[C@H](O)[C@@H](O)[C@@H]2O)[C@H](O)[C@@H](O)[C@@H]1O. The van der Waals surface area contributed by atoms with E-state index in [-0.39, 0.29) is 46.0 Å². The van der Waals surface area contributed by atoms with E-state index in [1.54, 1.807) is 78.9 Å². The second-order valence-electron chi connectivity index (χ2n) is 18.5. The van der Waals surface area contributed by atoms with Crippen LogP contribution < -0.4 is 14.2 Å². The van der Waals surface area contributed by atoms with Gasteiger partial charge in [-0.2, -0.15) is 0 Å². The molecular weight excluding hydrogens is 953 g/mol. The molecule has 4 aliphatic heterocycles. The largest absolute Gasteiger partial charge is 0.508 e. The van der Waals surface area contributed by atoms with Crippen LogP contribution in [0.25, 0.3) is 12.2 Å². The molecule has 382 valence electrons. The predicted molar refractivity (Wildman–Crippen MR) is 255 cm³/mol. The molecule has 10 rings (SSSR count). The first-order valence-electron chi connectivity index (χ1n) is 23.3. The Morgan fingerprint density at radius 3 is 1.59 bits per heavy atom. The van der Waals surface area contributed by atoms with E-state index in [1.165, 1.54) is 48.5 Å². The number of ether oxygens (including phenoxy) is 6. The van der Waals surface area contributed by atoms with Gasteiger partial charge in [0.2, 0.25) is 6.29 Å². The summed E-state index contributed by atoms with van der Waals surface area (Å²) in [5.74, 6) is -1.72. The molecule has 0 unspecified atom stereocenters. The molecular formula is C54H52O19. The number of rotatable bonds is 12. The molecule has 14 atom stereocenters. The molecule has 13 N–H and O–H groups in total. The Bertz CT molecular complexity index is 2960. The van der Waals surface area contributed by atoms with E-state index in [0.29, 0.717) is 44.7 Å². The molecule has 6 aromatic carbocycles. The molecule has 2 saturated heterocycles. The van der Waals surface area contributed by atoms with Gasteiger partial charge >= 0.3 is 0 Å².